The number of hydrogen-bond donors (Lipinski definition) is 1. The Kier molecular flexibility index (Phi) is 1.54. The fourth-order valence-electron chi connectivity index (χ4n) is 1.21. The van der Waals surface area contributed by atoms with Gasteiger partial charge in [-0.3, -0.25) is 4.79 Å². The fourth-order valence-corrected chi connectivity index (χ4v) is 1.68. The maximum atomic E-state index is 11.2. The van der Waals surface area contributed by atoms with E-state index in [2.05, 4.69) is 27.8 Å². The Hall–Kier alpha value is -1.09. The molecule has 0 saturated carbocycles. The van der Waals surface area contributed by atoms with Gasteiger partial charge in [0.15, 0.2) is 0 Å². The highest BCUT2D eigenvalue weighted by Gasteiger charge is 2.23. The number of halogens is 1. The minimum absolute atomic E-state index is 0.114. The first-order chi connectivity index (χ1) is 5.70. The number of benzene rings is 1. The molecule has 12 heavy (non-hydrogen) atoms. The number of para-hydroxylation sites is 1. The lowest BCUT2D eigenvalue weighted by molar-refractivity contribution is -0.110. The van der Waals surface area contributed by atoms with Gasteiger partial charge in [-0.15, -0.1) is 0 Å². The van der Waals surface area contributed by atoms with Crippen LogP contribution in [0, 0.1) is 0 Å². The van der Waals surface area contributed by atoms with Crippen molar-refractivity contribution in [2.24, 2.45) is 0 Å². The van der Waals surface area contributed by atoms with Crippen LogP contribution in [0.15, 0.2) is 29.3 Å². The molecule has 0 spiro atoms. The summed E-state index contributed by atoms with van der Waals surface area (Å²) in [7, 11) is 0. The first kappa shape index (κ1) is 7.55. The van der Waals surface area contributed by atoms with Gasteiger partial charge in [-0.1, -0.05) is 18.7 Å². The van der Waals surface area contributed by atoms with Crippen LogP contribution in [0.25, 0.3) is 5.57 Å². The molecule has 0 aliphatic carbocycles. The average molecular weight is 224 g/mol. The van der Waals surface area contributed by atoms with Crippen LogP contribution in [-0.4, -0.2) is 5.91 Å². The molecule has 0 fully saturated rings. The molecule has 0 unspecified atom stereocenters. The van der Waals surface area contributed by atoms with Crippen LogP contribution >= 0.6 is 15.9 Å². The third-order valence-corrected chi connectivity index (χ3v) is 2.51. The average Bonchev–Trinajstić information content (AvgIpc) is 2.32. The third-order valence-electron chi connectivity index (χ3n) is 1.85. The molecule has 2 nitrogen and oxygen atoms in total. The van der Waals surface area contributed by atoms with E-state index in [1.807, 2.05) is 18.2 Å². The Morgan fingerprint density at radius 2 is 2.17 bits per heavy atom. The number of hydrogen-bond acceptors (Lipinski definition) is 1. The molecule has 2 rings (SSSR count). The standard InChI is InChI=1S/C9H6BrNO/c1-5-6-3-2-4-7(10)8(6)11-9(5)12/h2-4H,1H2,(H,11,12). The molecular formula is C9H6BrNO. The fraction of sp³-hybridized carbons (Fsp3) is 0. The number of carbonyl (C=O) groups excluding carboxylic acids is 1. The molecule has 0 bridgehead atoms. The molecular weight excluding hydrogens is 218 g/mol. The number of amides is 1. The molecule has 0 radical (unpaired) electrons. The maximum Gasteiger partial charge on any atom is 0.255 e. The lowest BCUT2D eigenvalue weighted by Gasteiger charge is -1.98. The second-order valence-electron chi connectivity index (χ2n) is 2.60. The van der Waals surface area contributed by atoms with Gasteiger partial charge < -0.3 is 5.32 Å². The normalized spacial score (nSPS) is 14.4. The number of fused-ring (bicyclic) bond motifs is 1. The molecule has 1 aromatic carbocycles. The summed E-state index contributed by atoms with van der Waals surface area (Å²) in [6, 6.07) is 5.65. The molecule has 1 N–H and O–H groups in total. The van der Waals surface area contributed by atoms with Crippen molar-refractivity contribution in [1.82, 2.24) is 0 Å². The second-order valence-corrected chi connectivity index (χ2v) is 3.45. The van der Waals surface area contributed by atoms with Crippen LogP contribution in [0.1, 0.15) is 5.56 Å². The molecule has 0 saturated heterocycles. The van der Waals surface area contributed by atoms with Gasteiger partial charge in [0.05, 0.1) is 5.69 Å². The summed E-state index contributed by atoms with van der Waals surface area (Å²) in [5.41, 5.74) is 2.24. The van der Waals surface area contributed by atoms with Crippen molar-refractivity contribution < 1.29 is 4.79 Å². The Labute approximate surface area is 78.4 Å². The van der Waals surface area contributed by atoms with E-state index in [0.29, 0.717) is 5.57 Å². The zero-order valence-corrected chi connectivity index (χ0v) is 7.81. The molecule has 1 aliphatic heterocycles. The minimum atomic E-state index is -0.114. The van der Waals surface area contributed by atoms with Crippen LogP contribution in [0.2, 0.25) is 0 Å². The van der Waals surface area contributed by atoms with Gasteiger partial charge in [0.2, 0.25) is 0 Å². The second kappa shape index (κ2) is 2.45. The highest BCUT2D eigenvalue weighted by Crippen LogP contribution is 2.35. The van der Waals surface area contributed by atoms with E-state index in [4.69, 9.17) is 0 Å². The van der Waals surface area contributed by atoms with Crippen LogP contribution in [-0.2, 0) is 4.79 Å². The van der Waals surface area contributed by atoms with Crippen molar-refractivity contribution in [3.8, 4) is 0 Å². The number of nitrogens with one attached hydrogen (secondary N) is 1. The molecule has 60 valence electrons. The molecule has 3 heteroatoms. The van der Waals surface area contributed by atoms with Crippen molar-refractivity contribution in [1.29, 1.82) is 0 Å². The first-order valence-electron chi connectivity index (χ1n) is 3.49. The highest BCUT2D eigenvalue weighted by molar-refractivity contribution is 9.10. The Balaban J connectivity index is 2.68. The van der Waals surface area contributed by atoms with E-state index in [-0.39, 0.29) is 5.91 Å². The summed E-state index contributed by atoms with van der Waals surface area (Å²) < 4.78 is 0.895. The maximum absolute atomic E-state index is 11.2. The Bertz CT molecular complexity index is 384. The monoisotopic (exact) mass is 223 g/mol. The molecule has 0 aromatic heterocycles. The smallest absolute Gasteiger partial charge is 0.255 e. The summed E-state index contributed by atoms with van der Waals surface area (Å²) in [5, 5.41) is 2.73. The van der Waals surface area contributed by atoms with E-state index < -0.39 is 0 Å². The van der Waals surface area contributed by atoms with Gasteiger partial charge in [-0.2, -0.15) is 0 Å². The van der Waals surface area contributed by atoms with Gasteiger partial charge >= 0.3 is 0 Å². The zero-order chi connectivity index (χ0) is 8.72. The van der Waals surface area contributed by atoms with Crippen molar-refractivity contribution >= 4 is 33.1 Å². The van der Waals surface area contributed by atoms with Crippen LogP contribution < -0.4 is 5.32 Å². The minimum Gasteiger partial charge on any atom is -0.320 e. The van der Waals surface area contributed by atoms with Gasteiger partial charge in [-0.25, -0.2) is 0 Å². The van der Waals surface area contributed by atoms with Crippen LogP contribution in [0.3, 0.4) is 0 Å². The molecule has 1 aromatic rings. The SMILES string of the molecule is C=C1C(=O)Nc2c(Br)cccc21. The lowest BCUT2D eigenvalue weighted by Crippen LogP contribution is -2.02. The van der Waals surface area contributed by atoms with E-state index in [0.717, 1.165) is 15.7 Å². The largest absolute Gasteiger partial charge is 0.320 e. The topological polar surface area (TPSA) is 29.1 Å². The number of rotatable bonds is 0. The highest BCUT2D eigenvalue weighted by atomic mass is 79.9. The number of anilines is 1. The van der Waals surface area contributed by atoms with Crippen LogP contribution in [0.4, 0.5) is 5.69 Å². The van der Waals surface area contributed by atoms with Crippen molar-refractivity contribution in [2.45, 2.75) is 0 Å². The predicted octanol–water partition coefficient (Wildman–Crippen LogP) is 2.41. The quantitative estimate of drug-likeness (QED) is 0.673. The first-order valence-corrected chi connectivity index (χ1v) is 4.28. The van der Waals surface area contributed by atoms with Gasteiger partial charge in [0, 0.05) is 15.6 Å². The molecule has 0 atom stereocenters. The summed E-state index contributed by atoms with van der Waals surface area (Å²) in [6.45, 7) is 3.68. The van der Waals surface area contributed by atoms with E-state index in [1.54, 1.807) is 0 Å². The summed E-state index contributed by atoms with van der Waals surface area (Å²) >= 11 is 3.35. The summed E-state index contributed by atoms with van der Waals surface area (Å²) in [6.07, 6.45) is 0. The molecule has 1 amide bonds. The Morgan fingerprint density at radius 3 is 2.83 bits per heavy atom. The zero-order valence-electron chi connectivity index (χ0n) is 6.23. The molecule has 1 heterocycles. The van der Waals surface area contributed by atoms with Crippen molar-refractivity contribution in [3.63, 3.8) is 0 Å². The summed E-state index contributed by atoms with van der Waals surface area (Å²) in [5.74, 6) is -0.114. The van der Waals surface area contributed by atoms with Gasteiger partial charge in [0.1, 0.15) is 0 Å². The van der Waals surface area contributed by atoms with Gasteiger partial charge in [-0.05, 0) is 22.0 Å². The molecule has 1 aliphatic rings. The van der Waals surface area contributed by atoms with E-state index >= 15 is 0 Å². The predicted molar refractivity (Wildman–Crippen MR) is 51.8 cm³/mol. The van der Waals surface area contributed by atoms with Crippen LogP contribution in [0.5, 0.6) is 0 Å². The van der Waals surface area contributed by atoms with Crippen molar-refractivity contribution in [3.05, 3.63) is 34.8 Å². The van der Waals surface area contributed by atoms with E-state index in [9.17, 15) is 4.79 Å². The third kappa shape index (κ3) is 0.898. The van der Waals surface area contributed by atoms with E-state index in [1.165, 1.54) is 0 Å². The number of carbonyl (C=O) groups is 1. The summed E-state index contributed by atoms with van der Waals surface area (Å²) in [4.78, 5) is 11.2. The van der Waals surface area contributed by atoms with Gasteiger partial charge in [0.25, 0.3) is 5.91 Å². The van der Waals surface area contributed by atoms with Crippen molar-refractivity contribution in [2.75, 3.05) is 5.32 Å². The Morgan fingerprint density at radius 1 is 1.42 bits per heavy atom. The lowest BCUT2D eigenvalue weighted by atomic mass is 10.1.